The molecule has 2 aromatic rings. The number of benzene rings is 2. The van der Waals surface area contributed by atoms with E-state index in [2.05, 4.69) is 0 Å². The number of amides is 1. The Kier molecular flexibility index (Phi) is 6.57. The van der Waals surface area contributed by atoms with E-state index in [4.69, 9.17) is 9.47 Å². The topological polar surface area (TPSA) is 38.8 Å². The highest BCUT2D eigenvalue weighted by molar-refractivity contribution is 5.92. The van der Waals surface area contributed by atoms with Crippen LogP contribution in [0, 0.1) is 12.7 Å². The van der Waals surface area contributed by atoms with Gasteiger partial charge in [0.25, 0.3) is 0 Å². The zero-order chi connectivity index (χ0) is 18.2. The molecule has 0 fully saturated rings. The van der Waals surface area contributed by atoms with E-state index in [1.807, 2.05) is 25.1 Å². The third-order valence-electron chi connectivity index (χ3n) is 3.68. The second kappa shape index (κ2) is 8.87. The fourth-order valence-corrected chi connectivity index (χ4v) is 2.21. The molecule has 0 saturated heterocycles. The average molecular weight is 343 g/mol. The molecule has 0 aromatic heterocycles. The van der Waals surface area contributed by atoms with Crippen molar-refractivity contribution in [3.05, 3.63) is 65.5 Å². The largest absolute Gasteiger partial charge is 0.496 e. The maximum Gasteiger partial charge on any atom is 0.246 e. The molecule has 0 radical (unpaired) electrons. The van der Waals surface area contributed by atoms with Crippen LogP contribution in [-0.4, -0.2) is 38.1 Å². The number of hydrogen-bond donors (Lipinski definition) is 0. The van der Waals surface area contributed by atoms with Crippen molar-refractivity contribution in [3.8, 4) is 11.5 Å². The maximum absolute atomic E-state index is 12.8. The third-order valence-corrected chi connectivity index (χ3v) is 3.68. The second-order valence-corrected chi connectivity index (χ2v) is 5.64. The van der Waals surface area contributed by atoms with E-state index in [0.717, 1.165) is 16.9 Å². The molecule has 2 aromatic carbocycles. The molecular weight excluding hydrogens is 321 g/mol. The van der Waals surface area contributed by atoms with Crippen molar-refractivity contribution < 1.29 is 18.7 Å². The van der Waals surface area contributed by atoms with Crippen LogP contribution >= 0.6 is 0 Å². The number of nitrogens with zero attached hydrogens (tertiary/aromatic N) is 1. The predicted octanol–water partition coefficient (Wildman–Crippen LogP) is 3.69. The Morgan fingerprint density at radius 2 is 1.92 bits per heavy atom. The van der Waals surface area contributed by atoms with Gasteiger partial charge >= 0.3 is 0 Å². The van der Waals surface area contributed by atoms with Gasteiger partial charge in [-0.1, -0.05) is 11.6 Å². The smallest absolute Gasteiger partial charge is 0.246 e. The third kappa shape index (κ3) is 5.64. The second-order valence-electron chi connectivity index (χ2n) is 5.64. The van der Waals surface area contributed by atoms with Crippen LogP contribution in [0.4, 0.5) is 4.39 Å². The molecule has 0 spiro atoms. The molecule has 132 valence electrons. The van der Waals surface area contributed by atoms with E-state index >= 15 is 0 Å². The van der Waals surface area contributed by atoms with Crippen molar-refractivity contribution in [1.82, 2.24) is 4.90 Å². The van der Waals surface area contributed by atoms with Crippen LogP contribution in [0.3, 0.4) is 0 Å². The number of methoxy groups -OCH3 is 1. The zero-order valence-corrected chi connectivity index (χ0v) is 14.7. The first-order valence-corrected chi connectivity index (χ1v) is 7.96. The van der Waals surface area contributed by atoms with E-state index in [-0.39, 0.29) is 11.7 Å². The first-order valence-electron chi connectivity index (χ1n) is 7.96. The molecular formula is C20H22FNO3. The molecule has 0 aliphatic carbocycles. The van der Waals surface area contributed by atoms with Gasteiger partial charge in [0.1, 0.15) is 23.9 Å². The summed E-state index contributed by atoms with van der Waals surface area (Å²) in [6.07, 6.45) is 3.25. The Balaban J connectivity index is 1.87. The molecule has 0 aliphatic heterocycles. The molecule has 0 heterocycles. The van der Waals surface area contributed by atoms with Gasteiger partial charge in [0.05, 0.1) is 13.7 Å². The SMILES string of the molecule is COc1ccc(C)cc1/C=C/C(=O)N(C)CCOc1ccc(F)cc1. The number of likely N-dealkylation sites (N-methyl/N-ethyl adjacent to an activating group) is 1. The van der Waals surface area contributed by atoms with Crippen LogP contribution in [-0.2, 0) is 4.79 Å². The molecule has 0 unspecified atom stereocenters. The minimum atomic E-state index is -0.309. The van der Waals surface area contributed by atoms with Crippen LogP contribution in [0.1, 0.15) is 11.1 Å². The van der Waals surface area contributed by atoms with Gasteiger partial charge in [0.2, 0.25) is 5.91 Å². The lowest BCUT2D eigenvalue weighted by Gasteiger charge is -2.15. The van der Waals surface area contributed by atoms with Gasteiger partial charge in [-0.3, -0.25) is 4.79 Å². The summed E-state index contributed by atoms with van der Waals surface area (Å²) in [5, 5.41) is 0. The Morgan fingerprint density at radius 1 is 1.20 bits per heavy atom. The summed E-state index contributed by atoms with van der Waals surface area (Å²) in [4.78, 5) is 13.7. The lowest BCUT2D eigenvalue weighted by Crippen LogP contribution is -2.29. The first-order chi connectivity index (χ1) is 12.0. The predicted molar refractivity (Wildman–Crippen MR) is 96.3 cm³/mol. The summed E-state index contributed by atoms with van der Waals surface area (Å²) in [6.45, 7) is 2.73. The van der Waals surface area contributed by atoms with Crippen molar-refractivity contribution in [1.29, 1.82) is 0 Å². The van der Waals surface area contributed by atoms with Crippen LogP contribution in [0.15, 0.2) is 48.5 Å². The molecule has 0 saturated carbocycles. The van der Waals surface area contributed by atoms with Crippen LogP contribution in [0.5, 0.6) is 11.5 Å². The highest BCUT2D eigenvalue weighted by Gasteiger charge is 2.06. The molecule has 5 heteroatoms. The van der Waals surface area contributed by atoms with Crippen molar-refractivity contribution in [2.75, 3.05) is 27.3 Å². The standard InChI is InChI=1S/C20H22FNO3/c1-15-4-10-19(24-3)16(14-15)5-11-20(23)22(2)12-13-25-18-8-6-17(21)7-9-18/h4-11,14H,12-13H2,1-3H3/b11-5+. The number of carbonyl (C=O) groups excluding carboxylic acids is 1. The quantitative estimate of drug-likeness (QED) is 0.720. The molecule has 0 aliphatic rings. The Morgan fingerprint density at radius 3 is 2.60 bits per heavy atom. The summed E-state index contributed by atoms with van der Waals surface area (Å²) >= 11 is 0. The minimum absolute atomic E-state index is 0.133. The lowest BCUT2D eigenvalue weighted by atomic mass is 10.1. The van der Waals surface area contributed by atoms with Gasteiger partial charge in [-0.15, -0.1) is 0 Å². The lowest BCUT2D eigenvalue weighted by molar-refractivity contribution is -0.125. The highest BCUT2D eigenvalue weighted by Crippen LogP contribution is 2.21. The molecule has 4 nitrogen and oxygen atoms in total. The highest BCUT2D eigenvalue weighted by atomic mass is 19.1. The van der Waals surface area contributed by atoms with Crippen molar-refractivity contribution in [3.63, 3.8) is 0 Å². The van der Waals surface area contributed by atoms with Crippen LogP contribution in [0.2, 0.25) is 0 Å². The average Bonchev–Trinajstić information content (AvgIpc) is 2.61. The summed E-state index contributed by atoms with van der Waals surface area (Å²) in [6, 6.07) is 11.6. The van der Waals surface area contributed by atoms with E-state index < -0.39 is 0 Å². The van der Waals surface area contributed by atoms with Crippen molar-refractivity contribution in [2.45, 2.75) is 6.92 Å². The van der Waals surface area contributed by atoms with E-state index in [1.165, 1.54) is 18.2 Å². The Hall–Kier alpha value is -2.82. The first kappa shape index (κ1) is 18.5. The minimum Gasteiger partial charge on any atom is -0.496 e. The van der Waals surface area contributed by atoms with Gasteiger partial charge in [-0.25, -0.2) is 4.39 Å². The molecule has 0 N–H and O–H groups in total. The van der Waals surface area contributed by atoms with Gasteiger partial charge < -0.3 is 14.4 Å². The summed E-state index contributed by atoms with van der Waals surface area (Å²) < 4.78 is 23.6. The van der Waals surface area contributed by atoms with Gasteiger partial charge in [0, 0.05) is 18.7 Å². The van der Waals surface area contributed by atoms with Crippen LogP contribution in [0.25, 0.3) is 6.08 Å². The van der Waals surface area contributed by atoms with Crippen molar-refractivity contribution >= 4 is 12.0 Å². The summed E-state index contributed by atoms with van der Waals surface area (Å²) in [5.74, 6) is 0.849. The number of aryl methyl sites for hydroxylation is 1. The van der Waals surface area contributed by atoms with E-state index in [9.17, 15) is 9.18 Å². The monoisotopic (exact) mass is 343 g/mol. The van der Waals surface area contributed by atoms with Crippen LogP contribution < -0.4 is 9.47 Å². The molecule has 2 rings (SSSR count). The number of hydrogen-bond acceptors (Lipinski definition) is 3. The summed E-state index contributed by atoms with van der Waals surface area (Å²) in [7, 11) is 3.30. The fourth-order valence-electron chi connectivity index (χ4n) is 2.21. The number of ether oxygens (including phenoxy) is 2. The molecule has 0 bridgehead atoms. The molecule has 0 atom stereocenters. The molecule has 1 amide bonds. The fraction of sp³-hybridized carbons (Fsp3) is 0.250. The summed E-state index contributed by atoms with van der Waals surface area (Å²) in [5.41, 5.74) is 1.95. The van der Waals surface area contributed by atoms with Gasteiger partial charge in [0.15, 0.2) is 0 Å². The van der Waals surface area contributed by atoms with E-state index in [1.54, 1.807) is 37.3 Å². The Labute approximate surface area is 147 Å². The maximum atomic E-state index is 12.8. The number of rotatable bonds is 7. The number of halogens is 1. The van der Waals surface area contributed by atoms with Gasteiger partial charge in [-0.05, 0) is 49.4 Å². The normalized spacial score (nSPS) is 10.7. The molecule has 25 heavy (non-hydrogen) atoms. The Bertz CT molecular complexity index is 741. The van der Waals surface area contributed by atoms with Crippen molar-refractivity contribution in [2.24, 2.45) is 0 Å². The van der Waals surface area contributed by atoms with E-state index in [0.29, 0.717) is 18.9 Å². The van der Waals surface area contributed by atoms with Gasteiger partial charge in [-0.2, -0.15) is 0 Å². The zero-order valence-electron chi connectivity index (χ0n) is 14.7. The number of carbonyl (C=O) groups is 1.